The molecule has 0 bridgehead atoms. The van der Waals surface area contributed by atoms with E-state index in [2.05, 4.69) is 54.5 Å². The number of aliphatic hydroxyl groups excluding tert-OH is 14. The molecule has 29 nitrogen and oxygen atoms in total. The minimum Gasteiger partial charge on any atom is -0.507 e. The Kier molecular flexibility index (Phi) is 24.1. The summed E-state index contributed by atoms with van der Waals surface area (Å²) in [6.45, 7) is 17.2. The highest BCUT2D eigenvalue weighted by atomic mass is 16.8. The van der Waals surface area contributed by atoms with E-state index in [-0.39, 0.29) is 70.4 Å². The molecule has 584 valence electrons. The second-order valence-corrected chi connectivity index (χ2v) is 32.6. The molecule has 4 saturated carbocycles. The van der Waals surface area contributed by atoms with E-state index in [0.717, 1.165) is 30.4 Å². The maximum Gasteiger partial charge on any atom is 0.317 e. The second-order valence-electron chi connectivity index (χ2n) is 32.6. The van der Waals surface area contributed by atoms with Crippen LogP contribution in [0, 0.1) is 50.2 Å². The molecule has 12 rings (SSSR count). The summed E-state index contributed by atoms with van der Waals surface area (Å²) in [5.74, 6) is -0.815. The third-order valence-corrected chi connectivity index (χ3v) is 25.7. The molecule has 0 radical (unpaired) electrons. The number of carbonyl (C=O) groups excluding carboxylic acids is 2. The summed E-state index contributed by atoms with van der Waals surface area (Å²) in [5, 5.41) is 162. The highest BCUT2D eigenvalue weighted by Gasteiger charge is 2.72. The minimum atomic E-state index is -1.93. The van der Waals surface area contributed by atoms with E-state index >= 15 is 4.79 Å². The molecule has 2 aromatic rings. The summed E-state index contributed by atoms with van der Waals surface area (Å²) in [6.07, 6.45) is -26.1. The van der Waals surface area contributed by atoms with Crippen molar-refractivity contribution in [1.82, 2.24) is 0 Å². The Morgan fingerprint density at radius 1 is 0.587 bits per heavy atom. The van der Waals surface area contributed by atoms with Gasteiger partial charge in [0.2, 0.25) is 6.29 Å². The molecule has 32 unspecified atom stereocenters. The number of phenolic OH excluding ortho intramolecular Hbond substituents is 1. The number of hydrogen-bond acceptors (Lipinski definition) is 29. The topological polar surface area (TPSA) is 448 Å². The molecule has 5 aliphatic heterocycles. The zero-order valence-electron chi connectivity index (χ0n) is 60.8. The van der Waals surface area contributed by atoms with Crippen molar-refractivity contribution in [3.8, 4) is 17.2 Å². The number of carbonyl (C=O) groups is 2. The largest absolute Gasteiger partial charge is 0.507 e. The molecule has 15 N–H and O–H groups in total. The number of allylic oxidation sites excluding steroid dienone is 3. The summed E-state index contributed by atoms with van der Waals surface area (Å²) in [5.41, 5.74) is -1.26. The number of rotatable bonds is 16. The lowest BCUT2D eigenvalue weighted by molar-refractivity contribution is -0.374. The van der Waals surface area contributed by atoms with Crippen LogP contribution in [0.3, 0.4) is 0 Å². The predicted octanol–water partition coefficient (Wildman–Crippen LogP) is 1.40. The quantitative estimate of drug-likeness (QED) is 0.0371. The molecule has 5 aliphatic carbocycles. The molecule has 29 heteroatoms. The number of ether oxygens (including phenoxy) is 12. The van der Waals surface area contributed by atoms with Crippen molar-refractivity contribution >= 4 is 17.8 Å². The lowest BCUT2D eigenvalue weighted by atomic mass is 9.33. The summed E-state index contributed by atoms with van der Waals surface area (Å²) in [6, 6.07) is 12.4. The van der Waals surface area contributed by atoms with E-state index in [1.165, 1.54) is 33.3 Å². The predicted molar refractivity (Wildman–Crippen MR) is 363 cm³/mol. The smallest absolute Gasteiger partial charge is 0.317 e. The van der Waals surface area contributed by atoms with Crippen LogP contribution in [0.5, 0.6) is 17.2 Å². The van der Waals surface area contributed by atoms with Gasteiger partial charge in [0.15, 0.2) is 37.0 Å². The Morgan fingerprint density at radius 2 is 1.16 bits per heavy atom. The minimum absolute atomic E-state index is 0.116. The Bertz CT molecular complexity index is 3350. The molecule has 2 aromatic carbocycles. The highest BCUT2D eigenvalue weighted by Crippen LogP contribution is 2.76. The average Bonchev–Trinajstić information content (AvgIpc) is 0.671. The van der Waals surface area contributed by atoms with Gasteiger partial charge in [0, 0.05) is 12.1 Å². The molecule has 9 fully saturated rings. The van der Waals surface area contributed by atoms with Crippen LogP contribution < -0.4 is 9.47 Å². The fourth-order valence-electron chi connectivity index (χ4n) is 19.4. The lowest BCUT2D eigenvalue weighted by Gasteiger charge is -2.71. The number of phenols is 1. The average molecular weight is 1480 g/mol. The van der Waals surface area contributed by atoms with Crippen molar-refractivity contribution in [2.24, 2.45) is 50.2 Å². The SMILES string of the molecule is CC1OC(OC2CCC3(C)C(CCC4(C)C3CC=C3C5CC(C)(C)CCC5(C(=O)OC5OCC(O)C(O)C5OC5OC(C)C(OC6OC(CO)C(O)C(O)C6O)C(O)C5O)C(O)CC34C)C2(C)C)C(O)C(O)C1OC1OCC(O)C(O)C1O.COc1cc(O)c(C(=O)C=Cc2ccccc2)c(OC)c1. The zero-order valence-corrected chi connectivity index (χ0v) is 60.8. The molecule has 32 atom stereocenters. The van der Waals surface area contributed by atoms with Gasteiger partial charge in [-0.25, -0.2) is 0 Å². The number of fused-ring (bicyclic) bond motifs is 7. The first kappa shape index (κ1) is 80.6. The van der Waals surface area contributed by atoms with Crippen LogP contribution in [0.1, 0.15) is 136 Å². The Morgan fingerprint density at radius 3 is 1.79 bits per heavy atom. The zero-order chi connectivity index (χ0) is 75.8. The number of methoxy groups -OCH3 is 2. The van der Waals surface area contributed by atoms with Crippen molar-refractivity contribution in [3.05, 3.63) is 71.3 Å². The van der Waals surface area contributed by atoms with Crippen molar-refractivity contribution in [2.45, 2.75) is 274 Å². The van der Waals surface area contributed by atoms with Gasteiger partial charge in [-0.15, -0.1) is 0 Å². The molecule has 104 heavy (non-hydrogen) atoms. The van der Waals surface area contributed by atoms with Gasteiger partial charge >= 0.3 is 5.97 Å². The number of aliphatic hydroxyl groups is 14. The van der Waals surface area contributed by atoms with Crippen LogP contribution in [0.15, 0.2) is 60.2 Å². The summed E-state index contributed by atoms with van der Waals surface area (Å²) in [7, 11) is 2.91. The van der Waals surface area contributed by atoms with Crippen LogP contribution >= 0.6 is 0 Å². The third kappa shape index (κ3) is 14.6. The number of benzene rings is 2. The summed E-state index contributed by atoms with van der Waals surface area (Å²) >= 11 is 0. The lowest BCUT2D eigenvalue weighted by Crippen LogP contribution is -2.68. The highest BCUT2D eigenvalue weighted by molar-refractivity contribution is 6.10. The Labute approximate surface area is 605 Å². The first-order valence-corrected chi connectivity index (χ1v) is 36.3. The van der Waals surface area contributed by atoms with Gasteiger partial charge in [0.1, 0.15) is 120 Å². The van der Waals surface area contributed by atoms with Crippen LogP contribution in [-0.2, 0) is 52.2 Å². The molecular formula is C75H110O29. The van der Waals surface area contributed by atoms with Gasteiger partial charge in [-0.2, -0.15) is 0 Å². The van der Waals surface area contributed by atoms with Gasteiger partial charge in [0.25, 0.3) is 0 Å². The first-order valence-electron chi connectivity index (χ1n) is 36.3. The summed E-state index contributed by atoms with van der Waals surface area (Å²) in [4.78, 5) is 27.7. The molecule has 5 heterocycles. The van der Waals surface area contributed by atoms with E-state index in [0.29, 0.717) is 31.4 Å². The molecule has 0 spiro atoms. The van der Waals surface area contributed by atoms with Crippen molar-refractivity contribution in [3.63, 3.8) is 0 Å². The Balaban J connectivity index is 0.000000441. The number of aromatic hydroxyl groups is 1. The second kappa shape index (κ2) is 31.1. The van der Waals surface area contributed by atoms with E-state index in [4.69, 9.17) is 56.8 Å². The van der Waals surface area contributed by atoms with Crippen LogP contribution in [0.4, 0.5) is 0 Å². The Hall–Kier alpha value is -4.46. The van der Waals surface area contributed by atoms with Crippen LogP contribution in [0.2, 0.25) is 0 Å². The van der Waals surface area contributed by atoms with E-state index in [1.807, 2.05) is 30.3 Å². The molecule has 0 amide bonds. The third-order valence-electron chi connectivity index (χ3n) is 25.7. The number of hydrogen-bond donors (Lipinski definition) is 15. The van der Waals surface area contributed by atoms with Gasteiger partial charge < -0.3 is 133 Å². The fourth-order valence-corrected chi connectivity index (χ4v) is 19.4. The van der Waals surface area contributed by atoms with E-state index in [9.17, 15) is 81.4 Å². The van der Waals surface area contributed by atoms with Crippen LogP contribution in [-0.4, -0.2) is 276 Å². The van der Waals surface area contributed by atoms with Gasteiger partial charge in [-0.05, 0) is 128 Å². The van der Waals surface area contributed by atoms with E-state index < -0.39 is 195 Å². The molecular weight excluding hydrogens is 1360 g/mol. The van der Waals surface area contributed by atoms with Crippen molar-refractivity contribution in [2.75, 3.05) is 34.0 Å². The monoisotopic (exact) mass is 1470 g/mol. The van der Waals surface area contributed by atoms with Gasteiger partial charge in [-0.3, -0.25) is 9.59 Å². The number of ketones is 1. The first-order chi connectivity index (χ1) is 48.9. The molecule has 5 saturated heterocycles. The maximum absolute atomic E-state index is 15.4. The molecule has 0 aromatic heterocycles. The van der Waals surface area contributed by atoms with Crippen LogP contribution in [0.25, 0.3) is 6.08 Å². The standard InChI is InChI=1S/C58H94O25.C17H16O4/c1-23-44(80-47-40(69)34(63)27(60)21-74-47)38(67)42(71)48(76-23)79-33-13-14-55(7)30(54(33,5)6)12-15-56(8)31(55)11-10-25-26-18-53(3,4)16-17-58(26,32(62)19-57(25,56)9)52(73)83-51-46(35(64)28(61)22-75-51)82-49-43(72)39(68)45(24(2)77-49)81-50-41(70)37(66)36(65)29(20-59)78-50;1-20-13-10-15(19)17(16(11-13)21-2)14(18)9-8-12-6-4-3-5-7-12/h10,23-24,26-51,59-72H,11-22H2,1-9H3;3-11,19H,1-2H3. The summed E-state index contributed by atoms with van der Waals surface area (Å²) < 4.78 is 69.8. The van der Waals surface area contributed by atoms with Gasteiger partial charge in [0.05, 0.1) is 58.5 Å². The molecule has 10 aliphatic rings. The van der Waals surface area contributed by atoms with E-state index in [1.54, 1.807) is 19.1 Å². The number of esters is 1. The normalized spacial score (nSPS) is 46.1. The maximum atomic E-state index is 15.4. The fraction of sp³-hybridized carbons (Fsp3) is 0.760. The van der Waals surface area contributed by atoms with Crippen molar-refractivity contribution < 1.29 is 143 Å². The van der Waals surface area contributed by atoms with Gasteiger partial charge in [-0.1, -0.05) is 96.5 Å². The van der Waals surface area contributed by atoms with Crippen molar-refractivity contribution in [1.29, 1.82) is 0 Å².